The molecule has 1 N–H and O–H groups in total. The normalized spacial score (nSPS) is 11.7. The van der Waals surface area contributed by atoms with Gasteiger partial charge in [-0.05, 0) is 67.1 Å². The van der Waals surface area contributed by atoms with E-state index in [0.717, 1.165) is 6.42 Å². The number of ether oxygens (including phenoxy) is 1. The van der Waals surface area contributed by atoms with E-state index in [1.807, 2.05) is 45.0 Å². The van der Waals surface area contributed by atoms with Crippen molar-refractivity contribution in [2.24, 2.45) is 0 Å². The number of anilines is 1. The molecule has 8 nitrogen and oxygen atoms in total. The summed E-state index contributed by atoms with van der Waals surface area (Å²) < 4.78 is 7.24. The Morgan fingerprint density at radius 1 is 1.13 bits per heavy atom. The fourth-order valence-corrected chi connectivity index (χ4v) is 3.81. The van der Waals surface area contributed by atoms with Crippen molar-refractivity contribution in [2.45, 2.75) is 44.0 Å². The zero-order valence-electron chi connectivity index (χ0n) is 17.7. The molecule has 2 aromatic carbocycles. The van der Waals surface area contributed by atoms with Gasteiger partial charge in [0.2, 0.25) is 11.1 Å². The van der Waals surface area contributed by atoms with Gasteiger partial charge in [-0.1, -0.05) is 30.8 Å². The van der Waals surface area contributed by atoms with Gasteiger partial charge in [0, 0.05) is 17.7 Å². The highest BCUT2D eigenvalue weighted by Gasteiger charge is 2.21. The van der Waals surface area contributed by atoms with E-state index in [2.05, 4.69) is 20.8 Å². The minimum Gasteiger partial charge on any atom is -0.492 e. The second-order valence-corrected chi connectivity index (χ2v) is 8.08. The summed E-state index contributed by atoms with van der Waals surface area (Å²) in [7, 11) is 0. The molecule has 0 spiro atoms. The van der Waals surface area contributed by atoms with Crippen LogP contribution in [0.4, 0.5) is 5.69 Å². The number of Topliss-reactive ketones (excluding diaryl/α,β-unsaturated/α-hetero) is 1. The monoisotopic (exact) mass is 439 g/mol. The molecule has 0 bridgehead atoms. The van der Waals surface area contributed by atoms with Gasteiger partial charge in [-0.15, -0.1) is 5.10 Å². The summed E-state index contributed by atoms with van der Waals surface area (Å²) in [5, 5.41) is 14.8. The van der Waals surface area contributed by atoms with Crippen LogP contribution in [0.25, 0.3) is 5.69 Å². The quantitative estimate of drug-likeness (QED) is 0.374. The lowest BCUT2D eigenvalue weighted by molar-refractivity contribution is -0.116. The maximum absolute atomic E-state index is 12.9. The molecular formula is C22H25N5O3S. The van der Waals surface area contributed by atoms with Gasteiger partial charge < -0.3 is 10.1 Å². The molecule has 1 amide bonds. The molecule has 0 aliphatic heterocycles. The molecule has 3 rings (SSSR count). The van der Waals surface area contributed by atoms with Crippen LogP contribution in [0, 0.1) is 0 Å². The lowest BCUT2D eigenvalue weighted by Gasteiger charge is -2.13. The fourth-order valence-electron chi connectivity index (χ4n) is 2.93. The van der Waals surface area contributed by atoms with Crippen LogP contribution in [0.5, 0.6) is 5.75 Å². The van der Waals surface area contributed by atoms with Gasteiger partial charge in [0.1, 0.15) is 11.4 Å². The van der Waals surface area contributed by atoms with Gasteiger partial charge in [0.25, 0.3) is 0 Å². The van der Waals surface area contributed by atoms with Crippen molar-refractivity contribution >= 4 is 29.1 Å². The molecule has 162 valence electrons. The van der Waals surface area contributed by atoms with E-state index >= 15 is 0 Å². The highest BCUT2D eigenvalue weighted by Crippen LogP contribution is 2.29. The third-order valence-electron chi connectivity index (χ3n) is 4.42. The Labute approximate surface area is 185 Å². The van der Waals surface area contributed by atoms with E-state index in [0.29, 0.717) is 40.9 Å². The van der Waals surface area contributed by atoms with Gasteiger partial charge in [-0.2, -0.15) is 4.68 Å². The fraction of sp³-hybridized carbons (Fsp3) is 0.318. The number of hydrogen-bond donors (Lipinski definition) is 1. The van der Waals surface area contributed by atoms with Crippen LogP contribution in [0.15, 0.2) is 53.7 Å². The topological polar surface area (TPSA) is 99.0 Å². The van der Waals surface area contributed by atoms with E-state index in [9.17, 15) is 9.59 Å². The van der Waals surface area contributed by atoms with Gasteiger partial charge >= 0.3 is 0 Å². The molecule has 0 radical (unpaired) electrons. The number of aromatic nitrogens is 4. The molecule has 3 aromatic rings. The van der Waals surface area contributed by atoms with Gasteiger partial charge in [0.15, 0.2) is 5.78 Å². The Balaban J connectivity index is 1.72. The minimum absolute atomic E-state index is 0.0373. The van der Waals surface area contributed by atoms with Crippen molar-refractivity contribution in [3.63, 3.8) is 0 Å². The molecule has 0 fully saturated rings. The van der Waals surface area contributed by atoms with Crippen molar-refractivity contribution in [2.75, 3.05) is 11.9 Å². The predicted octanol–water partition coefficient (Wildman–Crippen LogP) is 4.16. The van der Waals surface area contributed by atoms with Crippen LogP contribution in [-0.4, -0.2) is 43.8 Å². The van der Waals surface area contributed by atoms with Crippen LogP contribution in [-0.2, 0) is 4.79 Å². The van der Waals surface area contributed by atoms with Crippen molar-refractivity contribution in [3.8, 4) is 11.4 Å². The number of tetrazole rings is 1. The average molecular weight is 440 g/mol. The first-order valence-corrected chi connectivity index (χ1v) is 11.0. The van der Waals surface area contributed by atoms with Crippen molar-refractivity contribution in [1.82, 2.24) is 20.2 Å². The molecule has 1 heterocycles. The first-order chi connectivity index (χ1) is 15.0. The van der Waals surface area contributed by atoms with E-state index in [1.165, 1.54) is 11.8 Å². The Hall–Kier alpha value is -3.20. The number of rotatable bonds is 10. The lowest BCUT2D eigenvalue weighted by Crippen LogP contribution is -2.15. The predicted molar refractivity (Wildman–Crippen MR) is 120 cm³/mol. The van der Waals surface area contributed by atoms with Crippen molar-refractivity contribution in [1.29, 1.82) is 0 Å². The minimum atomic E-state index is -0.412. The number of ketones is 1. The highest BCUT2D eigenvalue weighted by atomic mass is 32.2. The lowest BCUT2D eigenvalue weighted by atomic mass is 10.1. The van der Waals surface area contributed by atoms with E-state index in [1.54, 1.807) is 28.9 Å². The first-order valence-electron chi connectivity index (χ1n) is 10.1. The summed E-state index contributed by atoms with van der Waals surface area (Å²) in [5.41, 5.74) is 1.94. The summed E-state index contributed by atoms with van der Waals surface area (Å²) in [6.07, 6.45) is 1.25. The van der Waals surface area contributed by atoms with Crippen molar-refractivity contribution < 1.29 is 14.3 Å². The number of hydrogen-bond acceptors (Lipinski definition) is 7. The van der Waals surface area contributed by atoms with Crippen LogP contribution < -0.4 is 10.1 Å². The SMILES string of the molecule is CCCC(=O)Nc1ccc(C(=O)C(C)Sc2nnnn2-c2ccccc2OCC)cc1. The summed E-state index contributed by atoms with van der Waals surface area (Å²) in [6.45, 7) is 6.20. The molecule has 9 heteroatoms. The van der Waals surface area contributed by atoms with Gasteiger partial charge in [-0.25, -0.2) is 0 Å². The van der Waals surface area contributed by atoms with Gasteiger partial charge in [0.05, 0.1) is 11.9 Å². The van der Waals surface area contributed by atoms with Crippen LogP contribution in [0.1, 0.15) is 44.0 Å². The summed E-state index contributed by atoms with van der Waals surface area (Å²) in [6, 6.07) is 14.4. The van der Waals surface area contributed by atoms with E-state index < -0.39 is 5.25 Å². The smallest absolute Gasteiger partial charge is 0.224 e. The highest BCUT2D eigenvalue weighted by molar-refractivity contribution is 8.00. The van der Waals surface area contributed by atoms with Crippen molar-refractivity contribution in [3.05, 3.63) is 54.1 Å². The summed E-state index contributed by atoms with van der Waals surface area (Å²) in [5.74, 6) is 0.576. The Morgan fingerprint density at radius 3 is 2.58 bits per heavy atom. The second-order valence-electron chi connectivity index (χ2n) is 6.77. The Kier molecular flexibility index (Phi) is 7.77. The number of amides is 1. The number of carbonyl (C=O) groups is 2. The third-order valence-corrected chi connectivity index (χ3v) is 5.45. The van der Waals surface area contributed by atoms with E-state index in [-0.39, 0.29) is 11.7 Å². The summed E-state index contributed by atoms with van der Waals surface area (Å²) in [4.78, 5) is 24.6. The number of nitrogens with zero attached hydrogens (tertiary/aromatic N) is 4. The zero-order chi connectivity index (χ0) is 22.2. The molecule has 1 aromatic heterocycles. The van der Waals surface area contributed by atoms with Crippen LogP contribution in [0.3, 0.4) is 0 Å². The number of para-hydroxylation sites is 2. The number of thioether (sulfide) groups is 1. The van der Waals surface area contributed by atoms with Crippen LogP contribution in [0.2, 0.25) is 0 Å². The molecule has 0 aliphatic rings. The van der Waals surface area contributed by atoms with E-state index in [4.69, 9.17) is 4.74 Å². The number of nitrogens with one attached hydrogen (secondary N) is 1. The Bertz CT molecular complexity index is 1040. The Morgan fingerprint density at radius 2 is 1.87 bits per heavy atom. The average Bonchev–Trinajstić information content (AvgIpc) is 3.22. The molecule has 31 heavy (non-hydrogen) atoms. The molecule has 0 saturated carbocycles. The largest absolute Gasteiger partial charge is 0.492 e. The third kappa shape index (κ3) is 5.69. The van der Waals surface area contributed by atoms with Gasteiger partial charge in [-0.3, -0.25) is 9.59 Å². The maximum Gasteiger partial charge on any atom is 0.224 e. The molecular weight excluding hydrogens is 414 g/mol. The summed E-state index contributed by atoms with van der Waals surface area (Å²) >= 11 is 1.27. The zero-order valence-corrected chi connectivity index (χ0v) is 18.6. The first kappa shape index (κ1) is 22.5. The number of carbonyl (C=O) groups excluding carboxylic acids is 2. The maximum atomic E-state index is 12.9. The molecule has 0 saturated heterocycles. The van der Waals surface area contributed by atoms with Crippen LogP contribution >= 0.6 is 11.8 Å². The molecule has 1 unspecified atom stereocenters. The molecule has 0 aliphatic carbocycles. The standard InChI is InChI=1S/C22H25N5O3S/c1-4-8-20(28)23-17-13-11-16(12-14-17)21(29)15(3)31-22-24-25-26-27(22)18-9-6-7-10-19(18)30-5-2/h6-7,9-15H,4-5,8H2,1-3H3,(H,23,28). The second kappa shape index (κ2) is 10.7. The number of benzene rings is 2. The molecule has 1 atom stereocenters.